The van der Waals surface area contributed by atoms with Crippen molar-refractivity contribution in [1.82, 2.24) is 10.3 Å². The standard InChI is InChI=1S/C15H18F3N3O/c16-15(17,18)13-9-12(3-6-19-13)21-7-4-11(5-8-21)20-14(22)10-1-2-10/h3,6,9-11H,1-2,4-5,7-8H2,(H,20,22). The molecule has 1 N–H and O–H groups in total. The molecule has 1 aromatic heterocycles. The summed E-state index contributed by atoms with van der Waals surface area (Å²) in [6.45, 7) is 1.27. The number of carbonyl (C=O) groups is 1. The first-order valence-corrected chi connectivity index (χ1v) is 7.52. The number of amides is 1. The number of nitrogens with one attached hydrogen (secondary N) is 1. The van der Waals surface area contributed by atoms with Gasteiger partial charge in [0.15, 0.2) is 0 Å². The largest absolute Gasteiger partial charge is 0.433 e. The number of hydrogen-bond acceptors (Lipinski definition) is 3. The summed E-state index contributed by atoms with van der Waals surface area (Å²) in [6, 6.07) is 2.81. The number of aromatic nitrogens is 1. The van der Waals surface area contributed by atoms with Crippen molar-refractivity contribution in [2.75, 3.05) is 18.0 Å². The molecule has 0 radical (unpaired) electrons. The second-order valence-corrected chi connectivity index (χ2v) is 5.94. The predicted molar refractivity (Wildman–Crippen MR) is 75.3 cm³/mol. The van der Waals surface area contributed by atoms with Gasteiger partial charge in [-0.05, 0) is 37.8 Å². The van der Waals surface area contributed by atoms with Gasteiger partial charge < -0.3 is 10.2 Å². The zero-order valence-electron chi connectivity index (χ0n) is 12.1. The third kappa shape index (κ3) is 3.51. The number of hydrogen-bond donors (Lipinski definition) is 1. The Morgan fingerprint density at radius 1 is 1.23 bits per heavy atom. The van der Waals surface area contributed by atoms with Crippen LogP contribution in [0.4, 0.5) is 18.9 Å². The predicted octanol–water partition coefficient (Wildman–Crippen LogP) is 2.60. The Bertz CT molecular complexity index is 549. The summed E-state index contributed by atoms with van der Waals surface area (Å²) >= 11 is 0. The second kappa shape index (κ2) is 5.78. The Morgan fingerprint density at radius 2 is 1.91 bits per heavy atom. The fraction of sp³-hybridized carbons (Fsp3) is 0.600. The van der Waals surface area contributed by atoms with Crippen LogP contribution in [0.15, 0.2) is 18.3 Å². The fourth-order valence-electron chi connectivity index (χ4n) is 2.72. The highest BCUT2D eigenvalue weighted by Crippen LogP contribution is 2.31. The van der Waals surface area contributed by atoms with Crippen LogP contribution >= 0.6 is 0 Å². The van der Waals surface area contributed by atoms with Crippen LogP contribution < -0.4 is 10.2 Å². The lowest BCUT2D eigenvalue weighted by molar-refractivity contribution is -0.141. The van der Waals surface area contributed by atoms with Crippen molar-refractivity contribution in [1.29, 1.82) is 0 Å². The number of pyridine rings is 1. The van der Waals surface area contributed by atoms with Gasteiger partial charge in [0.1, 0.15) is 5.69 Å². The van der Waals surface area contributed by atoms with Crippen molar-refractivity contribution in [3.63, 3.8) is 0 Å². The SMILES string of the molecule is O=C(NC1CCN(c2ccnc(C(F)(F)F)c2)CC1)C1CC1. The van der Waals surface area contributed by atoms with Gasteiger partial charge in [-0.3, -0.25) is 9.78 Å². The normalized spacial score (nSPS) is 20.0. The molecule has 0 spiro atoms. The number of carbonyl (C=O) groups excluding carboxylic acids is 1. The number of halogens is 3. The fourth-order valence-corrected chi connectivity index (χ4v) is 2.72. The molecule has 3 rings (SSSR count). The second-order valence-electron chi connectivity index (χ2n) is 5.94. The van der Waals surface area contributed by atoms with Crippen LogP contribution in [0.25, 0.3) is 0 Å². The number of anilines is 1. The number of alkyl halides is 3. The number of piperidine rings is 1. The van der Waals surface area contributed by atoms with E-state index in [-0.39, 0.29) is 17.9 Å². The van der Waals surface area contributed by atoms with Gasteiger partial charge in [0, 0.05) is 36.9 Å². The maximum atomic E-state index is 12.7. The lowest BCUT2D eigenvalue weighted by atomic mass is 10.0. The van der Waals surface area contributed by atoms with Gasteiger partial charge in [0.2, 0.25) is 5.91 Å². The van der Waals surface area contributed by atoms with E-state index >= 15 is 0 Å². The van der Waals surface area contributed by atoms with Crippen molar-refractivity contribution in [3.05, 3.63) is 24.0 Å². The summed E-state index contributed by atoms with van der Waals surface area (Å²) in [4.78, 5) is 17.0. The van der Waals surface area contributed by atoms with Crippen molar-refractivity contribution >= 4 is 11.6 Å². The van der Waals surface area contributed by atoms with E-state index in [1.165, 1.54) is 6.20 Å². The highest BCUT2D eigenvalue weighted by molar-refractivity contribution is 5.81. The van der Waals surface area contributed by atoms with E-state index in [1.54, 1.807) is 6.07 Å². The zero-order chi connectivity index (χ0) is 15.7. The molecular weight excluding hydrogens is 295 g/mol. The van der Waals surface area contributed by atoms with Crippen LogP contribution in [-0.2, 0) is 11.0 Å². The monoisotopic (exact) mass is 313 g/mol. The van der Waals surface area contributed by atoms with Crippen LogP contribution in [0.1, 0.15) is 31.4 Å². The molecule has 120 valence electrons. The molecule has 0 bridgehead atoms. The summed E-state index contributed by atoms with van der Waals surface area (Å²) < 4.78 is 38.1. The van der Waals surface area contributed by atoms with Crippen LogP contribution in [-0.4, -0.2) is 30.0 Å². The quantitative estimate of drug-likeness (QED) is 0.933. The number of rotatable bonds is 3. The van der Waals surface area contributed by atoms with Crippen molar-refractivity contribution in [3.8, 4) is 0 Å². The van der Waals surface area contributed by atoms with E-state index in [1.807, 2.05) is 4.90 Å². The van der Waals surface area contributed by atoms with Gasteiger partial charge in [0.05, 0.1) is 0 Å². The molecule has 1 saturated heterocycles. The summed E-state index contributed by atoms with van der Waals surface area (Å²) in [6.07, 6.45) is 0.222. The molecule has 2 heterocycles. The summed E-state index contributed by atoms with van der Waals surface area (Å²) in [7, 11) is 0. The Kier molecular flexibility index (Phi) is 3.97. The van der Waals surface area contributed by atoms with Crippen LogP contribution in [0.2, 0.25) is 0 Å². The molecule has 2 fully saturated rings. The van der Waals surface area contributed by atoms with Gasteiger partial charge >= 0.3 is 6.18 Å². The lowest BCUT2D eigenvalue weighted by Crippen LogP contribution is -2.45. The molecule has 7 heteroatoms. The Morgan fingerprint density at radius 3 is 2.50 bits per heavy atom. The first-order chi connectivity index (χ1) is 10.4. The van der Waals surface area contributed by atoms with Crippen LogP contribution in [0, 0.1) is 5.92 Å². The summed E-state index contributed by atoms with van der Waals surface area (Å²) in [5.41, 5.74) is -0.330. The van der Waals surface area contributed by atoms with E-state index in [9.17, 15) is 18.0 Å². The molecule has 0 aromatic carbocycles. The first kappa shape index (κ1) is 15.1. The molecular formula is C15H18F3N3O. The van der Waals surface area contributed by atoms with Gasteiger partial charge in [-0.25, -0.2) is 0 Å². The van der Waals surface area contributed by atoms with E-state index in [4.69, 9.17) is 0 Å². The van der Waals surface area contributed by atoms with Gasteiger partial charge in [-0.15, -0.1) is 0 Å². The first-order valence-electron chi connectivity index (χ1n) is 7.52. The van der Waals surface area contributed by atoms with Crippen molar-refractivity contribution < 1.29 is 18.0 Å². The third-order valence-electron chi connectivity index (χ3n) is 4.19. The minimum atomic E-state index is -4.42. The molecule has 4 nitrogen and oxygen atoms in total. The molecule has 1 aliphatic carbocycles. The molecule has 1 saturated carbocycles. The minimum Gasteiger partial charge on any atom is -0.371 e. The van der Waals surface area contributed by atoms with Gasteiger partial charge in [-0.2, -0.15) is 13.2 Å². The lowest BCUT2D eigenvalue weighted by Gasteiger charge is -2.34. The minimum absolute atomic E-state index is 0.127. The maximum absolute atomic E-state index is 12.7. The molecule has 0 atom stereocenters. The number of nitrogens with zero attached hydrogens (tertiary/aromatic N) is 2. The molecule has 1 aromatic rings. The smallest absolute Gasteiger partial charge is 0.371 e. The molecule has 1 aliphatic heterocycles. The van der Waals surface area contributed by atoms with Crippen molar-refractivity contribution in [2.45, 2.75) is 37.9 Å². The van der Waals surface area contributed by atoms with E-state index in [0.717, 1.165) is 31.7 Å². The molecule has 0 unspecified atom stereocenters. The molecule has 22 heavy (non-hydrogen) atoms. The van der Waals surface area contributed by atoms with Crippen molar-refractivity contribution in [2.24, 2.45) is 5.92 Å². The van der Waals surface area contributed by atoms with E-state index < -0.39 is 11.9 Å². The van der Waals surface area contributed by atoms with Crippen LogP contribution in [0.5, 0.6) is 0 Å². The average molecular weight is 313 g/mol. The van der Waals surface area contributed by atoms with Gasteiger partial charge in [0.25, 0.3) is 0 Å². The Labute approximate surface area is 126 Å². The van der Waals surface area contributed by atoms with E-state index in [0.29, 0.717) is 18.8 Å². The van der Waals surface area contributed by atoms with E-state index in [2.05, 4.69) is 10.3 Å². The summed E-state index contributed by atoms with van der Waals surface area (Å²) in [5.74, 6) is 0.314. The third-order valence-corrected chi connectivity index (χ3v) is 4.19. The van der Waals surface area contributed by atoms with Gasteiger partial charge in [-0.1, -0.05) is 0 Å². The Balaban J connectivity index is 1.58. The summed E-state index contributed by atoms with van der Waals surface area (Å²) in [5, 5.41) is 3.03. The average Bonchev–Trinajstić information content (AvgIpc) is 3.32. The maximum Gasteiger partial charge on any atom is 0.433 e. The highest BCUT2D eigenvalue weighted by atomic mass is 19.4. The molecule has 2 aliphatic rings. The zero-order valence-corrected chi connectivity index (χ0v) is 12.1. The molecule has 1 amide bonds. The highest BCUT2D eigenvalue weighted by Gasteiger charge is 2.34. The topological polar surface area (TPSA) is 45.2 Å². The Hall–Kier alpha value is -1.79. The van der Waals surface area contributed by atoms with Crippen LogP contribution in [0.3, 0.4) is 0 Å².